The summed E-state index contributed by atoms with van der Waals surface area (Å²) in [5.74, 6) is 0. The van der Waals surface area contributed by atoms with Crippen molar-refractivity contribution in [1.82, 2.24) is 5.32 Å². The molecule has 66 valence electrons. The van der Waals surface area contributed by atoms with Gasteiger partial charge in [-0.15, -0.1) is 0 Å². The third-order valence-corrected chi connectivity index (χ3v) is 1.51. The Morgan fingerprint density at radius 3 is 2.67 bits per heavy atom. The number of hydrogen-bond donors (Lipinski definition) is 1. The van der Waals surface area contributed by atoms with Gasteiger partial charge in [-0.1, -0.05) is 30.4 Å². The van der Waals surface area contributed by atoms with E-state index >= 15 is 0 Å². The normalized spacial score (nSPS) is 27.3. The van der Waals surface area contributed by atoms with Gasteiger partial charge in [0.2, 0.25) is 0 Å². The largest absolute Gasteiger partial charge is 0.388 e. The standard InChI is InChI=1S/C10H15NO/c1-2-5-9-12-10-6-4-8-11-7-3-1/h2-7,11H,1,8-10H2/b5-2-,6-4-,7-3-. The van der Waals surface area contributed by atoms with Crippen molar-refractivity contribution in [2.75, 3.05) is 19.8 Å². The van der Waals surface area contributed by atoms with Crippen molar-refractivity contribution in [3.05, 3.63) is 36.6 Å². The summed E-state index contributed by atoms with van der Waals surface area (Å²) in [6.07, 6.45) is 13.3. The second kappa shape index (κ2) is 6.68. The van der Waals surface area contributed by atoms with Crippen LogP contribution >= 0.6 is 0 Å². The van der Waals surface area contributed by atoms with Gasteiger partial charge in [-0.25, -0.2) is 0 Å². The molecule has 0 radical (unpaired) electrons. The number of nitrogens with one attached hydrogen (secondary N) is 1. The van der Waals surface area contributed by atoms with E-state index in [4.69, 9.17) is 4.74 Å². The third kappa shape index (κ3) is 4.74. The molecular formula is C10H15NO. The van der Waals surface area contributed by atoms with Crippen LogP contribution in [0.4, 0.5) is 0 Å². The molecule has 0 unspecified atom stereocenters. The van der Waals surface area contributed by atoms with Gasteiger partial charge >= 0.3 is 0 Å². The van der Waals surface area contributed by atoms with Crippen molar-refractivity contribution < 1.29 is 4.74 Å². The van der Waals surface area contributed by atoms with E-state index in [1.807, 2.05) is 18.4 Å². The molecule has 1 N–H and O–H groups in total. The topological polar surface area (TPSA) is 21.3 Å². The van der Waals surface area contributed by atoms with Crippen LogP contribution in [-0.4, -0.2) is 19.8 Å². The first kappa shape index (κ1) is 9.07. The van der Waals surface area contributed by atoms with Crippen molar-refractivity contribution >= 4 is 0 Å². The van der Waals surface area contributed by atoms with E-state index in [0.717, 1.165) is 13.0 Å². The lowest BCUT2D eigenvalue weighted by Crippen LogP contribution is -2.04. The molecule has 0 amide bonds. The Morgan fingerprint density at radius 1 is 0.917 bits per heavy atom. The first-order valence-electron chi connectivity index (χ1n) is 4.26. The van der Waals surface area contributed by atoms with Crippen LogP contribution in [-0.2, 0) is 4.74 Å². The minimum atomic E-state index is 0.704. The quantitative estimate of drug-likeness (QED) is 0.551. The highest BCUT2D eigenvalue weighted by molar-refractivity contribution is 4.94. The van der Waals surface area contributed by atoms with E-state index in [0.29, 0.717) is 13.2 Å². The van der Waals surface area contributed by atoms with Gasteiger partial charge in [-0.2, -0.15) is 0 Å². The minimum Gasteiger partial charge on any atom is -0.388 e. The number of ether oxygens (including phenoxy) is 1. The molecule has 1 rings (SSSR count). The molecule has 0 aromatic heterocycles. The fourth-order valence-electron chi connectivity index (χ4n) is 0.886. The molecule has 0 saturated carbocycles. The number of hydrogen-bond acceptors (Lipinski definition) is 2. The molecule has 0 aliphatic carbocycles. The van der Waals surface area contributed by atoms with Gasteiger partial charge in [0.05, 0.1) is 13.2 Å². The van der Waals surface area contributed by atoms with Crippen LogP contribution in [0.3, 0.4) is 0 Å². The lowest BCUT2D eigenvalue weighted by Gasteiger charge is -1.97. The summed E-state index contributed by atoms with van der Waals surface area (Å²) in [5, 5.41) is 3.15. The molecule has 1 aliphatic rings. The van der Waals surface area contributed by atoms with Crippen LogP contribution in [0.15, 0.2) is 36.6 Å². The molecule has 0 aromatic rings. The Morgan fingerprint density at radius 2 is 1.75 bits per heavy atom. The van der Waals surface area contributed by atoms with E-state index < -0.39 is 0 Å². The summed E-state index contributed by atoms with van der Waals surface area (Å²) >= 11 is 0. The molecule has 2 nitrogen and oxygen atoms in total. The van der Waals surface area contributed by atoms with Crippen LogP contribution < -0.4 is 5.32 Å². The molecule has 0 bridgehead atoms. The second-order valence-electron chi connectivity index (χ2n) is 2.53. The SMILES string of the molecule is C1=C\COC/C=C\CN/C=C\C/1. The molecular weight excluding hydrogens is 150 g/mol. The molecule has 1 aliphatic heterocycles. The molecule has 0 aromatic carbocycles. The van der Waals surface area contributed by atoms with Gasteiger partial charge in [0.25, 0.3) is 0 Å². The van der Waals surface area contributed by atoms with Crippen LogP contribution in [0.5, 0.6) is 0 Å². The average molecular weight is 165 g/mol. The summed E-state index contributed by atoms with van der Waals surface area (Å²) in [6.45, 7) is 2.30. The van der Waals surface area contributed by atoms with Gasteiger partial charge < -0.3 is 10.1 Å². The van der Waals surface area contributed by atoms with Crippen LogP contribution in [0.2, 0.25) is 0 Å². The Labute approximate surface area is 73.6 Å². The van der Waals surface area contributed by atoms with Crippen molar-refractivity contribution in [1.29, 1.82) is 0 Å². The number of allylic oxidation sites excluding steroid dienone is 2. The molecule has 0 spiro atoms. The lowest BCUT2D eigenvalue weighted by atomic mass is 10.3. The van der Waals surface area contributed by atoms with E-state index in [9.17, 15) is 0 Å². The third-order valence-electron chi connectivity index (χ3n) is 1.51. The maximum Gasteiger partial charge on any atom is 0.0652 e. The molecule has 12 heavy (non-hydrogen) atoms. The first-order valence-corrected chi connectivity index (χ1v) is 4.26. The zero-order chi connectivity index (χ0) is 8.49. The smallest absolute Gasteiger partial charge is 0.0652 e. The first-order chi connectivity index (χ1) is 6.00. The van der Waals surface area contributed by atoms with Gasteiger partial charge in [0.1, 0.15) is 0 Å². The maximum absolute atomic E-state index is 5.28. The highest BCUT2D eigenvalue weighted by Gasteiger charge is 1.80. The second-order valence-corrected chi connectivity index (χ2v) is 2.53. The minimum absolute atomic E-state index is 0.704. The lowest BCUT2D eigenvalue weighted by molar-refractivity contribution is 0.193. The Bertz CT molecular complexity index is 182. The Hall–Kier alpha value is -1.02. The highest BCUT2D eigenvalue weighted by Crippen LogP contribution is 1.87. The van der Waals surface area contributed by atoms with Crippen LogP contribution in [0.1, 0.15) is 6.42 Å². The summed E-state index contributed by atoms with van der Waals surface area (Å²) in [4.78, 5) is 0. The predicted molar refractivity (Wildman–Crippen MR) is 50.9 cm³/mol. The fraction of sp³-hybridized carbons (Fsp3) is 0.400. The summed E-state index contributed by atoms with van der Waals surface area (Å²) in [6, 6.07) is 0. The van der Waals surface area contributed by atoms with E-state index in [2.05, 4.69) is 23.5 Å². The molecule has 0 atom stereocenters. The fourth-order valence-corrected chi connectivity index (χ4v) is 0.886. The van der Waals surface area contributed by atoms with Crippen LogP contribution in [0.25, 0.3) is 0 Å². The zero-order valence-corrected chi connectivity index (χ0v) is 7.20. The zero-order valence-electron chi connectivity index (χ0n) is 7.20. The highest BCUT2D eigenvalue weighted by atomic mass is 16.5. The average Bonchev–Trinajstić information content (AvgIpc) is 2.05. The van der Waals surface area contributed by atoms with E-state index in [-0.39, 0.29) is 0 Å². The van der Waals surface area contributed by atoms with Gasteiger partial charge in [-0.3, -0.25) is 0 Å². The van der Waals surface area contributed by atoms with Crippen molar-refractivity contribution in [2.45, 2.75) is 6.42 Å². The van der Waals surface area contributed by atoms with Gasteiger partial charge in [0, 0.05) is 6.54 Å². The van der Waals surface area contributed by atoms with Crippen molar-refractivity contribution in [2.24, 2.45) is 0 Å². The molecule has 1 heterocycles. The van der Waals surface area contributed by atoms with Crippen LogP contribution in [0, 0.1) is 0 Å². The number of rotatable bonds is 0. The molecule has 0 saturated heterocycles. The van der Waals surface area contributed by atoms with Gasteiger partial charge in [-0.05, 0) is 12.6 Å². The molecule has 0 fully saturated rings. The monoisotopic (exact) mass is 165 g/mol. The van der Waals surface area contributed by atoms with E-state index in [1.54, 1.807) is 0 Å². The molecule has 2 heteroatoms. The maximum atomic E-state index is 5.28. The Kier molecular flexibility index (Phi) is 5.05. The van der Waals surface area contributed by atoms with Crippen molar-refractivity contribution in [3.63, 3.8) is 0 Å². The predicted octanol–water partition coefficient (Wildman–Crippen LogP) is 1.62. The van der Waals surface area contributed by atoms with Gasteiger partial charge in [0.15, 0.2) is 0 Å². The van der Waals surface area contributed by atoms with E-state index in [1.165, 1.54) is 0 Å². The summed E-state index contributed by atoms with van der Waals surface area (Å²) in [7, 11) is 0. The Balaban J connectivity index is 2.30. The van der Waals surface area contributed by atoms with Crippen molar-refractivity contribution in [3.8, 4) is 0 Å². The summed E-state index contributed by atoms with van der Waals surface area (Å²) < 4.78 is 5.28. The summed E-state index contributed by atoms with van der Waals surface area (Å²) in [5.41, 5.74) is 0.